The average Bonchev–Trinajstić information content (AvgIpc) is 2.00. The van der Waals surface area contributed by atoms with Gasteiger partial charge in [0.1, 0.15) is 6.61 Å². The zero-order valence-electron chi connectivity index (χ0n) is 8.50. The molecule has 0 aromatic carbocycles. The second-order valence-electron chi connectivity index (χ2n) is 3.36. The number of rotatable bonds is 6. The van der Waals surface area contributed by atoms with Crippen molar-refractivity contribution < 1.29 is 26.7 Å². The fourth-order valence-corrected chi connectivity index (χ4v) is 0.702. The van der Waals surface area contributed by atoms with Crippen molar-refractivity contribution in [3.63, 3.8) is 0 Å². The Morgan fingerprint density at radius 2 is 1.67 bits per heavy atom. The SMILES string of the molecule is CC(C)NCCOCC(F)(F)C(F)(F)F. The molecule has 7 heteroatoms. The Balaban J connectivity index is 3.68. The van der Waals surface area contributed by atoms with E-state index >= 15 is 0 Å². The van der Waals surface area contributed by atoms with Crippen LogP contribution >= 0.6 is 0 Å². The smallest absolute Gasteiger partial charge is 0.373 e. The summed E-state index contributed by atoms with van der Waals surface area (Å²) in [6.07, 6.45) is -5.54. The van der Waals surface area contributed by atoms with E-state index in [0.29, 0.717) is 0 Å². The molecule has 0 heterocycles. The van der Waals surface area contributed by atoms with Crippen molar-refractivity contribution in [1.82, 2.24) is 5.32 Å². The molecule has 2 nitrogen and oxygen atoms in total. The summed E-state index contributed by atoms with van der Waals surface area (Å²) in [5.74, 6) is -4.77. The fourth-order valence-electron chi connectivity index (χ4n) is 0.702. The van der Waals surface area contributed by atoms with E-state index in [4.69, 9.17) is 0 Å². The van der Waals surface area contributed by atoms with Crippen LogP contribution < -0.4 is 5.32 Å². The van der Waals surface area contributed by atoms with Gasteiger partial charge in [-0.15, -0.1) is 0 Å². The molecule has 0 radical (unpaired) electrons. The summed E-state index contributed by atoms with van der Waals surface area (Å²) in [4.78, 5) is 0. The summed E-state index contributed by atoms with van der Waals surface area (Å²) in [5.41, 5.74) is 0. The van der Waals surface area contributed by atoms with Crippen LogP contribution in [0.4, 0.5) is 22.0 Å². The first-order valence-electron chi connectivity index (χ1n) is 4.42. The Kier molecular flexibility index (Phi) is 5.44. The van der Waals surface area contributed by atoms with Crippen LogP contribution in [0.1, 0.15) is 13.8 Å². The molecule has 0 aromatic heterocycles. The number of hydrogen-bond acceptors (Lipinski definition) is 2. The van der Waals surface area contributed by atoms with Gasteiger partial charge in [0.15, 0.2) is 0 Å². The number of ether oxygens (including phenoxy) is 1. The van der Waals surface area contributed by atoms with E-state index in [-0.39, 0.29) is 19.2 Å². The van der Waals surface area contributed by atoms with Gasteiger partial charge in [0.05, 0.1) is 6.61 Å². The highest BCUT2D eigenvalue weighted by atomic mass is 19.4. The van der Waals surface area contributed by atoms with E-state index in [1.807, 2.05) is 13.8 Å². The highest BCUT2D eigenvalue weighted by Gasteiger charge is 2.57. The Labute approximate surface area is 84.8 Å². The van der Waals surface area contributed by atoms with Gasteiger partial charge in [0, 0.05) is 12.6 Å². The topological polar surface area (TPSA) is 21.3 Å². The predicted molar refractivity (Wildman–Crippen MR) is 45.0 cm³/mol. The van der Waals surface area contributed by atoms with Gasteiger partial charge in [-0.25, -0.2) is 0 Å². The van der Waals surface area contributed by atoms with Crippen LogP contribution in [-0.2, 0) is 4.74 Å². The zero-order chi connectivity index (χ0) is 12.1. The molecule has 0 unspecified atom stereocenters. The molecule has 0 aromatic rings. The molecule has 0 aliphatic rings. The maximum atomic E-state index is 12.2. The maximum Gasteiger partial charge on any atom is 0.455 e. The summed E-state index contributed by atoms with van der Waals surface area (Å²) in [7, 11) is 0. The molecule has 0 fully saturated rings. The van der Waals surface area contributed by atoms with E-state index < -0.39 is 18.7 Å². The average molecular weight is 235 g/mol. The van der Waals surface area contributed by atoms with E-state index in [1.54, 1.807) is 0 Å². The molecule has 0 amide bonds. The first kappa shape index (κ1) is 14.6. The third kappa shape index (κ3) is 5.88. The second-order valence-corrected chi connectivity index (χ2v) is 3.36. The van der Waals surface area contributed by atoms with Crippen LogP contribution in [0.5, 0.6) is 0 Å². The number of hydrogen-bond donors (Lipinski definition) is 1. The molecule has 0 aliphatic carbocycles. The number of nitrogens with one attached hydrogen (secondary N) is 1. The largest absolute Gasteiger partial charge is 0.455 e. The number of alkyl halides is 5. The van der Waals surface area contributed by atoms with Crippen LogP contribution in [0.15, 0.2) is 0 Å². The molecule has 92 valence electrons. The Morgan fingerprint density at radius 1 is 1.13 bits per heavy atom. The lowest BCUT2D eigenvalue weighted by Gasteiger charge is -2.19. The molecule has 0 bridgehead atoms. The Hall–Kier alpha value is -0.430. The minimum absolute atomic E-state index is 0.136. The molecule has 0 aliphatic heterocycles. The monoisotopic (exact) mass is 235 g/mol. The maximum absolute atomic E-state index is 12.2. The van der Waals surface area contributed by atoms with Gasteiger partial charge in [-0.3, -0.25) is 0 Å². The van der Waals surface area contributed by atoms with E-state index in [2.05, 4.69) is 10.1 Å². The first-order valence-corrected chi connectivity index (χ1v) is 4.42. The van der Waals surface area contributed by atoms with E-state index in [0.717, 1.165) is 0 Å². The summed E-state index contributed by atoms with van der Waals surface area (Å²) in [6.45, 7) is 2.08. The van der Waals surface area contributed by atoms with Crippen LogP contribution in [0, 0.1) is 0 Å². The van der Waals surface area contributed by atoms with Gasteiger partial charge in [-0.1, -0.05) is 13.8 Å². The molecule has 0 saturated heterocycles. The van der Waals surface area contributed by atoms with Crippen molar-refractivity contribution in [3.05, 3.63) is 0 Å². The lowest BCUT2D eigenvalue weighted by molar-refractivity contribution is -0.296. The standard InChI is InChI=1S/C8H14F5NO/c1-6(2)14-3-4-15-5-7(9,10)8(11,12)13/h6,14H,3-5H2,1-2H3. The molecular formula is C8H14F5NO. The van der Waals surface area contributed by atoms with Crippen molar-refractivity contribution in [2.75, 3.05) is 19.8 Å². The lowest BCUT2D eigenvalue weighted by Crippen LogP contribution is -2.41. The molecule has 15 heavy (non-hydrogen) atoms. The third-order valence-electron chi connectivity index (χ3n) is 1.50. The zero-order valence-corrected chi connectivity index (χ0v) is 8.50. The van der Waals surface area contributed by atoms with Crippen LogP contribution in [-0.4, -0.2) is 37.9 Å². The van der Waals surface area contributed by atoms with Crippen LogP contribution in [0.3, 0.4) is 0 Å². The van der Waals surface area contributed by atoms with E-state index in [9.17, 15) is 22.0 Å². The summed E-state index contributed by atoms with van der Waals surface area (Å²) < 4.78 is 63.6. The van der Waals surface area contributed by atoms with Gasteiger partial charge < -0.3 is 10.1 Å². The van der Waals surface area contributed by atoms with Gasteiger partial charge in [0.25, 0.3) is 0 Å². The fraction of sp³-hybridized carbons (Fsp3) is 1.00. The van der Waals surface area contributed by atoms with Gasteiger partial charge >= 0.3 is 12.1 Å². The molecule has 0 atom stereocenters. The molecule has 0 spiro atoms. The lowest BCUT2D eigenvalue weighted by atomic mass is 10.3. The van der Waals surface area contributed by atoms with E-state index in [1.165, 1.54) is 0 Å². The summed E-state index contributed by atoms with van der Waals surface area (Å²) in [6, 6.07) is 0.136. The minimum Gasteiger partial charge on any atom is -0.373 e. The quantitative estimate of drug-likeness (QED) is 0.563. The van der Waals surface area contributed by atoms with Crippen molar-refractivity contribution >= 4 is 0 Å². The van der Waals surface area contributed by atoms with Crippen molar-refractivity contribution in [2.45, 2.75) is 32.0 Å². The van der Waals surface area contributed by atoms with Crippen molar-refractivity contribution in [2.24, 2.45) is 0 Å². The van der Waals surface area contributed by atoms with Gasteiger partial charge in [-0.05, 0) is 0 Å². The highest BCUT2D eigenvalue weighted by molar-refractivity contribution is 4.74. The Bertz CT molecular complexity index is 180. The third-order valence-corrected chi connectivity index (χ3v) is 1.50. The molecule has 0 saturated carbocycles. The highest BCUT2D eigenvalue weighted by Crippen LogP contribution is 2.35. The van der Waals surface area contributed by atoms with Crippen LogP contribution in [0.2, 0.25) is 0 Å². The van der Waals surface area contributed by atoms with Crippen molar-refractivity contribution in [1.29, 1.82) is 0 Å². The summed E-state index contributed by atoms with van der Waals surface area (Å²) in [5, 5.41) is 2.82. The normalized spacial score (nSPS) is 13.6. The molecule has 1 N–H and O–H groups in total. The molecule has 0 rings (SSSR count). The number of halogens is 5. The van der Waals surface area contributed by atoms with Gasteiger partial charge in [-0.2, -0.15) is 22.0 Å². The van der Waals surface area contributed by atoms with Crippen molar-refractivity contribution in [3.8, 4) is 0 Å². The Morgan fingerprint density at radius 3 is 2.07 bits per heavy atom. The first-order chi connectivity index (χ1) is 6.67. The molecular weight excluding hydrogens is 221 g/mol. The van der Waals surface area contributed by atoms with Gasteiger partial charge in [0.2, 0.25) is 0 Å². The van der Waals surface area contributed by atoms with Crippen LogP contribution in [0.25, 0.3) is 0 Å². The second kappa shape index (κ2) is 5.60. The minimum atomic E-state index is -5.54. The predicted octanol–water partition coefficient (Wildman–Crippen LogP) is 2.20. The summed E-state index contributed by atoms with van der Waals surface area (Å²) >= 11 is 0.